The number of carbonyl (C=O) groups is 1. The van der Waals surface area contributed by atoms with E-state index in [1.54, 1.807) is 0 Å². The molecule has 1 saturated heterocycles. The summed E-state index contributed by atoms with van der Waals surface area (Å²) in [6, 6.07) is 10.1. The van der Waals surface area contributed by atoms with Crippen LogP contribution in [0.2, 0.25) is 0 Å². The van der Waals surface area contributed by atoms with E-state index in [9.17, 15) is 9.90 Å². The van der Waals surface area contributed by atoms with Crippen LogP contribution >= 0.6 is 0 Å². The molecule has 5 heteroatoms. The van der Waals surface area contributed by atoms with E-state index in [0.717, 1.165) is 37.7 Å². The van der Waals surface area contributed by atoms with Crippen molar-refractivity contribution in [1.82, 2.24) is 15.8 Å². The maximum Gasteiger partial charge on any atom is 0.241 e. The molecule has 3 unspecified atom stereocenters. The Morgan fingerprint density at radius 3 is 2.62 bits per heavy atom. The zero-order valence-corrected chi connectivity index (χ0v) is 15.9. The van der Waals surface area contributed by atoms with E-state index in [4.69, 9.17) is 0 Å². The highest BCUT2D eigenvalue weighted by Crippen LogP contribution is 2.26. The minimum Gasteiger partial charge on any atom is -0.387 e. The van der Waals surface area contributed by atoms with Gasteiger partial charge in [0.1, 0.15) is 6.04 Å². The molecule has 26 heavy (non-hydrogen) atoms. The highest BCUT2D eigenvalue weighted by atomic mass is 16.3. The van der Waals surface area contributed by atoms with Crippen LogP contribution < -0.4 is 10.9 Å². The van der Waals surface area contributed by atoms with Crippen molar-refractivity contribution in [2.45, 2.75) is 82.5 Å². The average molecular weight is 360 g/mol. The molecular formula is C21H33N3O2. The Bertz CT molecular complexity index is 560. The summed E-state index contributed by atoms with van der Waals surface area (Å²) in [5.41, 5.74) is 7.35. The van der Waals surface area contributed by atoms with Crippen LogP contribution in [0.25, 0.3) is 0 Å². The summed E-state index contributed by atoms with van der Waals surface area (Å²) in [7, 11) is 0. The Kier molecular flexibility index (Phi) is 7.06. The van der Waals surface area contributed by atoms with E-state index in [-0.39, 0.29) is 18.0 Å². The van der Waals surface area contributed by atoms with Crippen LogP contribution in [-0.4, -0.2) is 40.6 Å². The number of hydrogen-bond donors (Lipinski definition) is 3. The Balaban J connectivity index is 1.69. The van der Waals surface area contributed by atoms with Crippen LogP contribution in [0.3, 0.4) is 0 Å². The van der Waals surface area contributed by atoms with Crippen molar-refractivity contribution in [2.75, 3.05) is 6.54 Å². The molecule has 144 valence electrons. The number of benzene rings is 1. The molecule has 5 nitrogen and oxygen atoms in total. The van der Waals surface area contributed by atoms with Crippen LogP contribution in [0.4, 0.5) is 0 Å². The zero-order valence-electron chi connectivity index (χ0n) is 15.9. The van der Waals surface area contributed by atoms with Crippen LogP contribution in [0.1, 0.15) is 70.0 Å². The van der Waals surface area contributed by atoms with Gasteiger partial charge in [-0.05, 0) is 31.2 Å². The summed E-state index contributed by atoms with van der Waals surface area (Å²) >= 11 is 0. The molecule has 0 bridgehead atoms. The van der Waals surface area contributed by atoms with Gasteiger partial charge in [-0.3, -0.25) is 10.2 Å². The molecule has 1 amide bonds. The van der Waals surface area contributed by atoms with E-state index in [0.29, 0.717) is 12.6 Å². The highest BCUT2D eigenvalue weighted by molar-refractivity contribution is 5.82. The number of rotatable bonds is 7. The van der Waals surface area contributed by atoms with Crippen LogP contribution in [0, 0.1) is 0 Å². The minimum absolute atomic E-state index is 0.137. The highest BCUT2D eigenvalue weighted by Gasteiger charge is 2.35. The lowest BCUT2D eigenvalue weighted by molar-refractivity contribution is -0.138. The number of hydrogen-bond acceptors (Lipinski definition) is 4. The van der Waals surface area contributed by atoms with Gasteiger partial charge in [-0.15, -0.1) is 0 Å². The van der Waals surface area contributed by atoms with Gasteiger partial charge in [-0.2, -0.15) is 0 Å². The third-order valence-electron chi connectivity index (χ3n) is 5.77. The van der Waals surface area contributed by atoms with Crippen molar-refractivity contribution in [3.05, 3.63) is 35.9 Å². The number of nitrogens with zero attached hydrogens (tertiary/aromatic N) is 1. The van der Waals surface area contributed by atoms with Gasteiger partial charge in [0.2, 0.25) is 5.91 Å². The summed E-state index contributed by atoms with van der Waals surface area (Å²) in [6.45, 7) is 2.55. The smallest absolute Gasteiger partial charge is 0.241 e. The Labute approximate surface area is 157 Å². The van der Waals surface area contributed by atoms with Gasteiger partial charge in [0.25, 0.3) is 0 Å². The zero-order chi connectivity index (χ0) is 18.4. The number of aliphatic hydroxyl groups is 1. The van der Waals surface area contributed by atoms with Crippen molar-refractivity contribution in [2.24, 2.45) is 0 Å². The van der Waals surface area contributed by atoms with Crippen LogP contribution in [0.5, 0.6) is 0 Å². The largest absolute Gasteiger partial charge is 0.387 e. The second-order valence-electron chi connectivity index (χ2n) is 7.77. The predicted octanol–water partition coefficient (Wildman–Crippen LogP) is 2.92. The van der Waals surface area contributed by atoms with Gasteiger partial charge in [-0.25, -0.2) is 5.43 Å². The Morgan fingerprint density at radius 1 is 1.19 bits per heavy atom. The molecule has 1 aliphatic heterocycles. The van der Waals surface area contributed by atoms with Crippen molar-refractivity contribution >= 4 is 5.91 Å². The van der Waals surface area contributed by atoms with Gasteiger partial charge in [-0.1, -0.05) is 62.9 Å². The van der Waals surface area contributed by atoms with Crippen molar-refractivity contribution in [1.29, 1.82) is 0 Å². The van der Waals surface area contributed by atoms with E-state index in [1.807, 2.05) is 35.2 Å². The third-order valence-corrected chi connectivity index (χ3v) is 5.77. The van der Waals surface area contributed by atoms with E-state index in [1.165, 1.54) is 19.3 Å². The molecule has 0 aromatic heterocycles. The van der Waals surface area contributed by atoms with Crippen LogP contribution in [0.15, 0.2) is 30.3 Å². The lowest BCUT2D eigenvalue weighted by atomic mass is 9.92. The van der Waals surface area contributed by atoms with Gasteiger partial charge >= 0.3 is 0 Å². The molecular weight excluding hydrogens is 326 g/mol. The maximum atomic E-state index is 13.3. The molecule has 1 heterocycles. The number of aliphatic hydroxyl groups excluding tert-OH is 1. The summed E-state index contributed by atoms with van der Waals surface area (Å²) in [5.74, 6) is 0.137. The normalized spacial score (nSPS) is 25.2. The standard InChI is InChI=1S/C21H33N3O2/c1-2-9-17-14-19(23-22-17)21(26)24(18-12-7-4-8-13-18)15-20(25)16-10-5-3-6-11-16/h3,5-6,10-11,17-20,22-23,25H,2,4,7-9,12-15H2,1H3. The first-order valence-electron chi connectivity index (χ1n) is 10.2. The van der Waals surface area contributed by atoms with Crippen molar-refractivity contribution < 1.29 is 9.90 Å². The summed E-state index contributed by atoms with van der Waals surface area (Å²) < 4.78 is 0. The van der Waals surface area contributed by atoms with E-state index in [2.05, 4.69) is 17.8 Å². The molecule has 1 saturated carbocycles. The van der Waals surface area contributed by atoms with E-state index < -0.39 is 6.10 Å². The lowest BCUT2D eigenvalue weighted by Gasteiger charge is -2.37. The molecule has 2 fully saturated rings. The Hall–Kier alpha value is -1.43. The van der Waals surface area contributed by atoms with Crippen molar-refractivity contribution in [3.63, 3.8) is 0 Å². The number of hydrazine groups is 1. The van der Waals surface area contributed by atoms with Crippen molar-refractivity contribution in [3.8, 4) is 0 Å². The third kappa shape index (κ3) is 4.84. The fraction of sp³-hybridized carbons (Fsp3) is 0.667. The molecule has 3 rings (SSSR count). The Morgan fingerprint density at radius 2 is 1.92 bits per heavy atom. The predicted molar refractivity (Wildman–Crippen MR) is 103 cm³/mol. The molecule has 1 aromatic carbocycles. The topological polar surface area (TPSA) is 64.6 Å². The molecule has 3 atom stereocenters. The average Bonchev–Trinajstić information content (AvgIpc) is 3.16. The SMILES string of the molecule is CCCC1CC(C(=O)N(CC(O)c2ccccc2)C2CCCCC2)NN1. The minimum atomic E-state index is -0.636. The first kappa shape index (κ1) is 19.3. The molecule has 3 N–H and O–H groups in total. The van der Waals surface area contributed by atoms with Crippen LogP contribution in [-0.2, 0) is 4.79 Å². The number of amides is 1. The maximum absolute atomic E-state index is 13.3. The second-order valence-corrected chi connectivity index (χ2v) is 7.77. The fourth-order valence-electron chi connectivity index (χ4n) is 4.30. The van der Waals surface area contributed by atoms with Gasteiger partial charge < -0.3 is 10.0 Å². The molecule has 0 spiro atoms. The number of nitrogens with one attached hydrogen (secondary N) is 2. The first-order valence-corrected chi connectivity index (χ1v) is 10.2. The van der Waals surface area contributed by atoms with E-state index >= 15 is 0 Å². The summed E-state index contributed by atoms with van der Waals surface area (Å²) in [4.78, 5) is 15.2. The molecule has 1 aliphatic carbocycles. The summed E-state index contributed by atoms with van der Waals surface area (Å²) in [5, 5.41) is 10.7. The molecule has 0 radical (unpaired) electrons. The molecule has 2 aliphatic rings. The van der Waals surface area contributed by atoms with Gasteiger partial charge in [0, 0.05) is 12.1 Å². The summed E-state index contributed by atoms with van der Waals surface area (Å²) in [6.07, 6.45) is 8.07. The fourth-order valence-corrected chi connectivity index (χ4v) is 4.30. The monoisotopic (exact) mass is 359 g/mol. The second kappa shape index (κ2) is 9.49. The van der Waals surface area contributed by atoms with Gasteiger partial charge in [0.05, 0.1) is 12.6 Å². The molecule has 1 aromatic rings. The number of carbonyl (C=O) groups excluding carboxylic acids is 1. The lowest BCUT2D eigenvalue weighted by Crippen LogP contribution is -2.51. The first-order chi connectivity index (χ1) is 12.7. The van der Waals surface area contributed by atoms with Gasteiger partial charge in [0.15, 0.2) is 0 Å². The quantitative estimate of drug-likeness (QED) is 0.700.